The van der Waals surface area contributed by atoms with Gasteiger partial charge in [0.1, 0.15) is 18.8 Å². The number of ether oxygens (including phenoxy) is 2. The van der Waals surface area contributed by atoms with Crippen LogP contribution in [0.15, 0.2) is 6.33 Å². The van der Waals surface area contributed by atoms with Gasteiger partial charge in [-0.15, -0.1) is 0 Å². The first-order valence-corrected chi connectivity index (χ1v) is 6.61. The average molecular weight is 251 g/mol. The second-order valence-corrected chi connectivity index (χ2v) is 4.48. The molecule has 1 N–H and O–H groups in total. The molecule has 2 heterocycles. The van der Waals surface area contributed by atoms with Crippen LogP contribution in [0.2, 0.25) is 0 Å². The maximum atomic E-state index is 5.75. The van der Waals surface area contributed by atoms with Crippen LogP contribution in [0.25, 0.3) is 0 Å². The first-order chi connectivity index (χ1) is 8.81. The van der Waals surface area contributed by atoms with Gasteiger partial charge in [0.25, 0.3) is 0 Å². The molecule has 0 saturated carbocycles. The number of nitrogens with zero attached hydrogens (tertiary/aromatic N) is 2. The lowest BCUT2D eigenvalue weighted by Gasteiger charge is -2.22. The van der Waals surface area contributed by atoms with Gasteiger partial charge in [-0.1, -0.05) is 0 Å². The second-order valence-electron chi connectivity index (χ2n) is 4.48. The van der Waals surface area contributed by atoms with Crippen LogP contribution in [0.4, 0.5) is 5.82 Å². The second kappa shape index (κ2) is 6.54. The molecule has 1 aromatic rings. The van der Waals surface area contributed by atoms with Gasteiger partial charge in [0.2, 0.25) is 5.88 Å². The normalized spacial score (nSPS) is 19.6. The molecule has 18 heavy (non-hydrogen) atoms. The van der Waals surface area contributed by atoms with Crippen molar-refractivity contribution in [2.75, 3.05) is 25.1 Å². The monoisotopic (exact) mass is 251 g/mol. The van der Waals surface area contributed by atoms with Crippen molar-refractivity contribution in [1.82, 2.24) is 9.97 Å². The van der Waals surface area contributed by atoms with Crippen molar-refractivity contribution >= 4 is 5.82 Å². The first-order valence-electron chi connectivity index (χ1n) is 6.61. The third-order valence-electron chi connectivity index (χ3n) is 3.06. The van der Waals surface area contributed by atoms with Gasteiger partial charge < -0.3 is 14.8 Å². The highest BCUT2D eigenvalue weighted by Gasteiger charge is 2.16. The average Bonchev–Trinajstić information content (AvgIpc) is 2.41. The minimum Gasteiger partial charge on any atom is -0.475 e. The van der Waals surface area contributed by atoms with Crippen LogP contribution in [0.3, 0.4) is 0 Å². The van der Waals surface area contributed by atoms with Crippen molar-refractivity contribution in [1.29, 1.82) is 0 Å². The number of hydrogen-bond acceptors (Lipinski definition) is 5. The number of nitrogens with one attached hydrogen (secondary N) is 1. The van der Waals surface area contributed by atoms with Crippen molar-refractivity contribution < 1.29 is 9.47 Å². The summed E-state index contributed by atoms with van der Waals surface area (Å²) in [6.07, 6.45) is 5.19. The summed E-state index contributed by atoms with van der Waals surface area (Å²) in [5.74, 6) is 1.49. The number of hydrogen-bond donors (Lipinski definition) is 1. The molecule has 0 radical (unpaired) electrons. The minimum atomic E-state index is 0.204. The Balaban J connectivity index is 1.93. The summed E-state index contributed by atoms with van der Waals surface area (Å²) in [5.41, 5.74) is 0.954. The molecular formula is C13H21N3O2. The van der Waals surface area contributed by atoms with Crippen molar-refractivity contribution in [3.05, 3.63) is 11.9 Å². The summed E-state index contributed by atoms with van der Waals surface area (Å²) in [7, 11) is 0. The lowest BCUT2D eigenvalue weighted by Crippen LogP contribution is -2.26. The predicted molar refractivity (Wildman–Crippen MR) is 70.0 cm³/mol. The Morgan fingerprint density at radius 1 is 1.44 bits per heavy atom. The highest BCUT2D eigenvalue weighted by atomic mass is 16.5. The molecule has 1 saturated heterocycles. The fourth-order valence-electron chi connectivity index (χ4n) is 2.04. The molecule has 5 nitrogen and oxygen atoms in total. The Morgan fingerprint density at radius 2 is 2.33 bits per heavy atom. The van der Waals surface area contributed by atoms with Crippen LogP contribution in [0, 0.1) is 6.92 Å². The fourth-order valence-corrected chi connectivity index (χ4v) is 2.04. The number of anilines is 1. The van der Waals surface area contributed by atoms with Gasteiger partial charge in [-0.05, 0) is 33.1 Å². The van der Waals surface area contributed by atoms with E-state index in [1.807, 2.05) is 13.8 Å². The summed E-state index contributed by atoms with van der Waals surface area (Å²) in [4.78, 5) is 8.37. The Labute approximate surface area is 108 Å². The zero-order valence-corrected chi connectivity index (χ0v) is 11.1. The molecule has 0 aromatic carbocycles. The van der Waals surface area contributed by atoms with Crippen LogP contribution in [0.1, 0.15) is 31.7 Å². The van der Waals surface area contributed by atoms with Crippen LogP contribution < -0.4 is 10.1 Å². The standard InChI is InChI=1S/C13H21N3O2/c1-3-14-12-10(2)13(16-9-15-12)18-8-11-6-4-5-7-17-11/h9,11H,3-8H2,1-2H3,(H,14,15,16). The van der Waals surface area contributed by atoms with Crippen LogP contribution in [-0.4, -0.2) is 35.8 Å². The van der Waals surface area contributed by atoms with Gasteiger partial charge in [0.05, 0.1) is 11.7 Å². The van der Waals surface area contributed by atoms with E-state index < -0.39 is 0 Å². The molecule has 100 valence electrons. The molecule has 1 aliphatic heterocycles. The number of aromatic nitrogens is 2. The lowest BCUT2D eigenvalue weighted by molar-refractivity contribution is -0.0120. The topological polar surface area (TPSA) is 56.3 Å². The van der Waals surface area contributed by atoms with E-state index in [9.17, 15) is 0 Å². The van der Waals surface area contributed by atoms with Gasteiger partial charge in [0.15, 0.2) is 0 Å². The minimum absolute atomic E-state index is 0.204. The van der Waals surface area contributed by atoms with Crippen LogP contribution in [-0.2, 0) is 4.74 Å². The molecule has 1 unspecified atom stereocenters. The SMILES string of the molecule is CCNc1ncnc(OCC2CCCCO2)c1C. The Bertz CT molecular complexity index is 378. The van der Waals surface area contributed by atoms with Crippen molar-refractivity contribution in [3.63, 3.8) is 0 Å². The molecular weight excluding hydrogens is 230 g/mol. The van der Waals surface area contributed by atoms with Crippen molar-refractivity contribution in [2.24, 2.45) is 0 Å². The van der Waals surface area contributed by atoms with Gasteiger partial charge in [-0.25, -0.2) is 9.97 Å². The van der Waals surface area contributed by atoms with Gasteiger partial charge >= 0.3 is 0 Å². The maximum Gasteiger partial charge on any atom is 0.221 e. The zero-order valence-electron chi connectivity index (χ0n) is 11.1. The fraction of sp³-hybridized carbons (Fsp3) is 0.692. The summed E-state index contributed by atoms with van der Waals surface area (Å²) < 4.78 is 11.4. The molecule has 0 aliphatic carbocycles. The summed E-state index contributed by atoms with van der Waals surface area (Å²) in [6, 6.07) is 0. The molecule has 1 aromatic heterocycles. The molecule has 1 atom stereocenters. The lowest BCUT2D eigenvalue weighted by atomic mass is 10.1. The first kappa shape index (κ1) is 13.1. The summed E-state index contributed by atoms with van der Waals surface area (Å²) in [5, 5.41) is 3.19. The zero-order chi connectivity index (χ0) is 12.8. The molecule has 5 heteroatoms. The van der Waals surface area contributed by atoms with E-state index in [4.69, 9.17) is 9.47 Å². The third kappa shape index (κ3) is 3.32. The van der Waals surface area contributed by atoms with Crippen molar-refractivity contribution in [3.8, 4) is 5.88 Å². The summed E-state index contributed by atoms with van der Waals surface area (Å²) in [6.45, 7) is 6.26. The van der Waals surface area contributed by atoms with E-state index in [2.05, 4.69) is 15.3 Å². The van der Waals surface area contributed by atoms with Gasteiger partial charge in [-0.2, -0.15) is 0 Å². The smallest absolute Gasteiger partial charge is 0.221 e. The highest BCUT2D eigenvalue weighted by Crippen LogP contribution is 2.21. The molecule has 1 fully saturated rings. The Hall–Kier alpha value is -1.36. The molecule has 0 spiro atoms. The number of rotatable bonds is 5. The molecule has 0 amide bonds. The largest absolute Gasteiger partial charge is 0.475 e. The van der Waals surface area contributed by atoms with E-state index in [1.54, 1.807) is 0 Å². The van der Waals surface area contributed by atoms with Crippen LogP contribution in [0.5, 0.6) is 5.88 Å². The highest BCUT2D eigenvalue weighted by molar-refractivity contribution is 5.47. The third-order valence-corrected chi connectivity index (χ3v) is 3.06. The predicted octanol–water partition coefficient (Wildman–Crippen LogP) is 2.16. The van der Waals surface area contributed by atoms with Gasteiger partial charge in [-0.3, -0.25) is 0 Å². The Morgan fingerprint density at radius 3 is 3.06 bits per heavy atom. The molecule has 1 aliphatic rings. The van der Waals surface area contributed by atoms with E-state index in [0.29, 0.717) is 12.5 Å². The van der Waals surface area contributed by atoms with E-state index in [0.717, 1.165) is 37.4 Å². The maximum absolute atomic E-state index is 5.75. The summed E-state index contributed by atoms with van der Waals surface area (Å²) >= 11 is 0. The van der Waals surface area contributed by atoms with E-state index >= 15 is 0 Å². The molecule has 2 rings (SSSR count). The van der Waals surface area contributed by atoms with E-state index in [1.165, 1.54) is 12.7 Å². The van der Waals surface area contributed by atoms with Gasteiger partial charge in [0, 0.05) is 13.2 Å². The van der Waals surface area contributed by atoms with E-state index in [-0.39, 0.29) is 6.10 Å². The Kier molecular flexibility index (Phi) is 4.75. The quantitative estimate of drug-likeness (QED) is 0.869. The molecule has 0 bridgehead atoms. The van der Waals surface area contributed by atoms with Crippen molar-refractivity contribution in [2.45, 2.75) is 39.2 Å². The van der Waals surface area contributed by atoms with Crippen LogP contribution >= 0.6 is 0 Å².